The third-order valence-electron chi connectivity index (χ3n) is 5.40. The van der Waals surface area contributed by atoms with E-state index >= 15 is 0 Å². The van der Waals surface area contributed by atoms with Gasteiger partial charge in [0.2, 0.25) is 0 Å². The summed E-state index contributed by atoms with van der Waals surface area (Å²) in [5, 5.41) is 6.94. The summed E-state index contributed by atoms with van der Waals surface area (Å²) in [6.45, 7) is 5.43. The van der Waals surface area contributed by atoms with Gasteiger partial charge in [-0.25, -0.2) is 9.97 Å². The van der Waals surface area contributed by atoms with E-state index in [2.05, 4.69) is 49.8 Å². The van der Waals surface area contributed by atoms with Gasteiger partial charge >= 0.3 is 0 Å². The Bertz CT molecular complexity index is 949. The molecule has 0 saturated carbocycles. The SMILES string of the molecule is c1cnc2c(NC3CCNC3)nc(-c3ccc(N4CCOCC4)cc3)cc2n1. The van der Waals surface area contributed by atoms with Crippen molar-refractivity contribution in [2.24, 2.45) is 0 Å². The van der Waals surface area contributed by atoms with Crippen LogP contribution in [0.1, 0.15) is 6.42 Å². The molecular weight excluding hydrogens is 352 g/mol. The number of hydrogen-bond acceptors (Lipinski definition) is 7. The van der Waals surface area contributed by atoms with Gasteiger partial charge < -0.3 is 20.3 Å². The third-order valence-corrected chi connectivity index (χ3v) is 5.40. The van der Waals surface area contributed by atoms with E-state index in [1.807, 2.05) is 6.07 Å². The summed E-state index contributed by atoms with van der Waals surface area (Å²) in [7, 11) is 0. The number of morpholine rings is 1. The van der Waals surface area contributed by atoms with Crippen molar-refractivity contribution in [3.05, 3.63) is 42.7 Å². The maximum atomic E-state index is 5.45. The lowest BCUT2D eigenvalue weighted by atomic mass is 10.1. The molecule has 0 spiro atoms. The fourth-order valence-corrected chi connectivity index (χ4v) is 3.86. The Morgan fingerprint density at radius 1 is 1.07 bits per heavy atom. The number of nitrogens with zero attached hydrogens (tertiary/aromatic N) is 4. The lowest BCUT2D eigenvalue weighted by molar-refractivity contribution is 0.122. The minimum absolute atomic E-state index is 0.372. The molecule has 2 aliphatic rings. The third kappa shape index (κ3) is 3.50. The van der Waals surface area contributed by atoms with Gasteiger partial charge in [-0.2, -0.15) is 0 Å². The number of nitrogens with one attached hydrogen (secondary N) is 2. The molecule has 2 fully saturated rings. The molecule has 4 heterocycles. The Labute approximate surface area is 164 Å². The van der Waals surface area contributed by atoms with E-state index in [1.54, 1.807) is 12.4 Å². The van der Waals surface area contributed by atoms with E-state index in [1.165, 1.54) is 5.69 Å². The van der Waals surface area contributed by atoms with Crippen molar-refractivity contribution in [3.8, 4) is 11.3 Å². The molecule has 1 atom stereocenters. The zero-order valence-electron chi connectivity index (χ0n) is 15.8. The number of anilines is 2. The highest BCUT2D eigenvalue weighted by atomic mass is 16.5. The molecule has 5 rings (SSSR count). The molecule has 144 valence electrons. The van der Waals surface area contributed by atoms with Gasteiger partial charge in [-0.3, -0.25) is 4.98 Å². The molecule has 0 aliphatic carbocycles. The molecular formula is C21H24N6O. The van der Waals surface area contributed by atoms with Crippen LogP contribution < -0.4 is 15.5 Å². The fraction of sp³-hybridized carbons (Fsp3) is 0.381. The Morgan fingerprint density at radius 2 is 1.89 bits per heavy atom. The molecule has 2 aromatic heterocycles. The molecule has 3 aromatic rings. The van der Waals surface area contributed by atoms with Crippen LogP contribution in [-0.4, -0.2) is 60.4 Å². The number of hydrogen-bond donors (Lipinski definition) is 2. The average Bonchev–Trinajstić information content (AvgIpc) is 3.27. The molecule has 1 aromatic carbocycles. The number of rotatable bonds is 4. The first-order valence-corrected chi connectivity index (χ1v) is 9.89. The second-order valence-electron chi connectivity index (χ2n) is 7.26. The zero-order valence-corrected chi connectivity index (χ0v) is 15.8. The van der Waals surface area contributed by atoms with E-state index in [9.17, 15) is 0 Å². The van der Waals surface area contributed by atoms with E-state index < -0.39 is 0 Å². The van der Waals surface area contributed by atoms with Gasteiger partial charge in [-0.1, -0.05) is 12.1 Å². The smallest absolute Gasteiger partial charge is 0.155 e. The van der Waals surface area contributed by atoms with Gasteiger partial charge in [0.1, 0.15) is 5.52 Å². The average molecular weight is 376 g/mol. The molecule has 7 heteroatoms. The van der Waals surface area contributed by atoms with Crippen molar-refractivity contribution in [2.75, 3.05) is 49.6 Å². The minimum Gasteiger partial charge on any atom is -0.378 e. The summed E-state index contributed by atoms with van der Waals surface area (Å²) in [5.74, 6) is 0.812. The van der Waals surface area contributed by atoms with Crippen molar-refractivity contribution >= 4 is 22.5 Å². The van der Waals surface area contributed by atoms with Crippen LogP contribution in [0.25, 0.3) is 22.3 Å². The van der Waals surface area contributed by atoms with Crippen LogP contribution in [0.15, 0.2) is 42.7 Å². The Balaban J connectivity index is 1.47. The minimum atomic E-state index is 0.372. The standard InChI is InChI=1S/C21H24N6O/c1-3-17(27-9-11-28-12-10-27)4-2-15(1)18-13-19-20(24-8-7-23-19)21(26-18)25-16-5-6-22-14-16/h1-4,7-8,13,16,22H,5-6,9-12,14H2,(H,25,26). The Morgan fingerprint density at radius 3 is 2.68 bits per heavy atom. The molecule has 2 saturated heterocycles. The molecule has 2 N–H and O–H groups in total. The molecule has 0 bridgehead atoms. The largest absolute Gasteiger partial charge is 0.378 e. The number of ether oxygens (including phenoxy) is 1. The van der Waals surface area contributed by atoms with E-state index in [0.717, 1.165) is 73.9 Å². The highest BCUT2D eigenvalue weighted by Crippen LogP contribution is 2.28. The highest BCUT2D eigenvalue weighted by Gasteiger charge is 2.18. The summed E-state index contributed by atoms with van der Waals surface area (Å²) >= 11 is 0. The van der Waals surface area contributed by atoms with Gasteiger partial charge in [0.25, 0.3) is 0 Å². The summed E-state index contributed by atoms with van der Waals surface area (Å²) in [6, 6.07) is 11.0. The molecule has 7 nitrogen and oxygen atoms in total. The van der Waals surface area contributed by atoms with Crippen LogP contribution in [0.5, 0.6) is 0 Å². The topological polar surface area (TPSA) is 75.2 Å². The number of benzene rings is 1. The van der Waals surface area contributed by atoms with E-state index in [0.29, 0.717) is 6.04 Å². The Kier molecular flexibility index (Phi) is 4.76. The summed E-state index contributed by atoms with van der Waals surface area (Å²) < 4.78 is 5.45. The zero-order chi connectivity index (χ0) is 18.8. The van der Waals surface area contributed by atoms with Crippen molar-refractivity contribution in [2.45, 2.75) is 12.5 Å². The van der Waals surface area contributed by atoms with Crippen LogP contribution in [0, 0.1) is 0 Å². The van der Waals surface area contributed by atoms with Crippen LogP contribution in [0.4, 0.5) is 11.5 Å². The maximum Gasteiger partial charge on any atom is 0.155 e. The van der Waals surface area contributed by atoms with Gasteiger partial charge in [-0.05, 0) is 31.2 Å². The van der Waals surface area contributed by atoms with Crippen LogP contribution in [-0.2, 0) is 4.74 Å². The first-order chi connectivity index (χ1) is 13.9. The summed E-state index contributed by atoms with van der Waals surface area (Å²) in [6.07, 6.45) is 4.54. The van der Waals surface area contributed by atoms with Gasteiger partial charge in [-0.15, -0.1) is 0 Å². The predicted molar refractivity (Wildman–Crippen MR) is 111 cm³/mol. The first-order valence-electron chi connectivity index (χ1n) is 9.89. The number of pyridine rings is 1. The Hall–Kier alpha value is -2.77. The van der Waals surface area contributed by atoms with Crippen LogP contribution >= 0.6 is 0 Å². The fourth-order valence-electron chi connectivity index (χ4n) is 3.86. The van der Waals surface area contributed by atoms with E-state index in [-0.39, 0.29) is 0 Å². The van der Waals surface area contributed by atoms with Gasteiger partial charge in [0.15, 0.2) is 5.82 Å². The van der Waals surface area contributed by atoms with Crippen molar-refractivity contribution in [1.29, 1.82) is 0 Å². The van der Waals surface area contributed by atoms with E-state index in [4.69, 9.17) is 9.72 Å². The molecule has 0 amide bonds. The molecule has 28 heavy (non-hydrogen) atoms. The maximum absolute atomic E-state index is 5.45. The van der Waals surface area contributed by atoms with Gasteiger partial charge in [0, 0.05) is 49.3 Å². The van der Waals surface area contributed by atoms with Crippen LogP contribution in [0.3, 0.4) is 0 Å². The van der Waals surface area contributed by atoms with Gasteiger partial charge in [0.05, 0.1) is 24.4 Å². The lowest BCUT2D eigenvalue weighted by Crippen LogP contribution is -2.36. The summed E-state index contributed by atoms with van der Waals surface area (Å²) in [4.78, 5) is 16.3. The molecule has 0 radical (unpaired) electrons. The second kappa shape index (κ2) is 7.69. The first kappa shape index (κ1) is 17.3. The highest BCUT2D eigenvalue weighted by molar-refractivity contribution is 5.88. The number of fused-ring (bicyclic) bond motifs is 1. The van der Waals surface area contributed by atoms with Crippen molar-refractivity contribution in [1.82, 2.24) is 20.3 Å². The van der Waals surface area contributed by atoms with Crippen molar-refractivity contribution < 1.29 is 4.74 Å². The van der Waals surface area contributed by atoms with Crippen molar-refractivity contribution in [3.63, 3.8) is 0 Å². The second-order valence-corrected chi connectivity index (χ2v) is 7.26. The summed E-state index contributed by atoms with van der Waals surface area (Å²) in [5.41, 5.74) is 4.90. The lowest BCUT2D eigenvalue weighted by Gasteiger charge is -2.28. The predicted octanol–water partition coefficient (Wildman–Crippen LogP) is 2.30. The monoisotopic (exact) mass is 376 g/mol. The number of aromatic nitrogens is 3. The van der Waals surface area contributed by atoms with Crippen LogP contribution in [0.2, 0.25) is 0 Å². The normalized spacial score (nSPS) is 19.9. The quantitative estimate of drug-likeness (QED) is 0.724. The molecule has 1 unspecified atom stereocenters. The molecule has 2 aliphatic heterocycles.